The Labute approximate surface area is 147 Å². The molecule has 2 aromatic rings. The van der Waals surface area contributed by atoms with Crippen LogP contribution in [0.4, 0.5) is 0 Å². The van der Waals surface area contributed by atoms with Gasteiger partial charge in [-0.2, -0.15) is 11.3 Å². The maximum Gasteiger partial charge on any atom is 0.241 e. The van der Waals surface area contributed by atoms with E-state index < -0.39 is 0 Å². The first-order chi connectivity index (χ1) is 11.8. The number of nitrogens with zero attached hydrogens (tertiary/aromatic N) is 2. The molecule has 0 radical (unpaired) electrons. The molecule has 1 aliphatic rings. The van der Waals surface area contributed by atoms with Crippen molar-refractivity contribution in [3.63, 3.8) is 0 Å². The Morgan fingerprint density at radius 1 is 1.33 bits per heavy atom. The van der Waals surface area contributed by atoms with E-state index in [2.05, 4.69) is 39.6 Å². The second-order valence-electron chi connectivity index (χ2n) is 6.25. The lowest BCUT2D eigenvalue weighted by Crippen LogP contribution is -2.45. The lowest BCUT2D eigenvalue weighted by Gasteiger charge is -2.25. The van der Waals surface area contributed by atoms with Crippen molar-refractivity contribution in [2.45, 2.75) is 51.4 Å². The number of hydrogen-bond acceptors (Lipinski definition) is 5. The molecule has 2 unspecified atom stereocenters. The number of carbonyl (C=O) groups is 1. The van der Waals surface area contributed by atoms with E-state index in [-0.39, 0.29) is 11.9 Å². The predicted octanol–water partition coefficient (Wildman–Crippen LogP) is 2.71. The van der Waals surface area contributed by atoms with E-state index in [0.717, 1.165) is 24.8 Å². The second-order valence-corrected chi connectivity index (χ2v) is 7.03. The fraction of sp³-hybridized carbons (Fsp3) is 0.444. The molecule has 1 amide bonds. The van der Waals surface area contributed by atoms with Crippen molar-refractivity contribution in [3.8, 4) is 0 Å². The number of nitrogens with one attached hydrogen (secondary N) is 2. The summed E-state index contributed by atoms with van der Waals surface area (Å²) in [5, 5.41) is 4.15. The third kappa shape index (κ3) is 4.41. The molecule has 1 aliphatic heterocycles. The Kier molecular flexibility index (Phi) is 5.96. The standard InChI is InChI=1S/C18H24N4OS/c1-2-4-16-9-17(21-20-16)18(23)22(12-15-6-8-24-13-15)11-14-5-3-7-19-10-14/h3,5-8,10,13,16-17,20-21H,2,4,9,11-12H2,1H3. The maximum atomic E-state index is 13.0. The average Bonchev–Trinajstić information content (AvgIpc) is 3.27. The van der Waals surface area contributed by atoms with Crippen LogP contribution in [0.1, 0.15) is 37.3 Å². The Morgan fingerprint density at radius 2 is 2.21 bits per heavy atom. The summed E-state index contributed by atoms with van der Waals surface area (Å²) in [4.78, 5) is 19.1. The number of thiophene rings is 1. The largest absolute Gasteiger partial charge is 0.333 e. The van der Waals surface area contributed by atoms with Gasteiger partial charge in [0.2, 0.25) is 5.91 Å². The zero-order valence-corrected chi connectivity index (χ0v) is 14.8. The zero-order chi connectivity index (χ0) is 16.8. The number of rotatable bonds is 7. The first-order valence-electron chi connectivity index (χ1n) is 8.46. The highest BCUT2D eigenvalue weighted by Crippen LogP contribution is 2.17. The zero-order valence-electron chi connectivity index (χ0n) is 13.9. The van der Waals surface area contributed by atoms with Crippen LogP contribution in [-0.4, -0.2) is 27.9 Å². The van der Waals surface area contributed by atoms with Crippen LogP contribution in [0.2, 0.25) is 0 Å². The van der Waals surface area contributed by atoms with Gasteiger partial charge in [0, 0.05) is 31.5 Å². The van der Waals surface area contributed by atoms with E-state index in [9.17, 15) is 4.79 Å². The highest BCUT2D eigenvalue weighted by molar-refractivity contribution is 7.07. The highest BCUT2D eigenvalue weighted by Gasteiger charge is 2.31. The molecule has 5 nitrogen and oxygen atoms in total. The summed E-state index contributed by atoms with van der Waals surface area (Å²) in [5.74, 6) is 0.149. The fourth-order valence-electron chi connectivity index (χ4n) is 3.07. The molecule has 3 rings (SSSR count). The molecule has 0 saturated carbocycles. The lowest BCUT2D eigenvalue weighted by atomic mass is 10.0. The molecule has 0 aliphatic carbocycles. The molecule has 6 heteroatoms. The number of carbonyl (C=O) groups excluding carboxylic acids is 1. The molecule has 0 aromatic carbocycles. The lowest BCUT2D eigenvalue weighted by molar-refractivity contribution is -0.134. The average molecular weight is 344 g/mol. The normalized spacial score (nSPS) is 20.2. The second kappa shape index (κ2) is 8.37. The first-order valence-corrected chi connectivity index (χ1v) is 9.40. The van der Waals surface area contributed by atoms with Gasteiger partial charge in [-0.05, 0) is 46.9 Å². The fourth-order valence-corrected chi connectivity index (χ4v) is 3.73. The van der Waals surface area contributed by atoms with E-state index in [4.69, 9.17) is 0 Å². The SMILES string of the molecule is CCCC1CC(C(=O)N(Cc2cccnc2)Cc2ccsc2)NN1. The van der Waals surface area contributed by atoms with Crippen LogP contribution in [0.3, 0.4) is 0 Å². The van der Waals surface area contributed by atoms with Gasteiger partial charge in [0.05, 0.1) is 0 Å². The monoisotopic (exact) mass is 344 g/mol. The van der Waals surface area contributed by atoms with Crippen LogP contribution in [0, 0.1) is 0 Å². The van der Waals surface area contributed by atoms with Crippen LogP contribution >= 0.6 is 11.3 Å². The smallest absolute Gasteiger partial charge is 0.241 e. The predicted molar refractivity (Wildman–Crippen MR) is 96.2 cm³/mol. The van der Waals surface area contributed by atoms with Gasteiger partial charge < -0.3 is 4.90 Å². The molecule has 128 valence electrons. The van der Waals surface area contributed by atoms with Crippen LogP contribution < -0.4 is 10.9 Å². The molecule has 1 fully saturated rings. The summed E-state index contributed by atoms with van der Waals surface area (Å²) in [7, 11) is 0. The molecule has 3 heterocycles. The van der Waals surface area contributed by atoms with Gasteiger partial charge in [-0.15, -0.1) is 0 Å². The molecule has 2 atom stereocenters. The van der Waals surface area contributed by atoms with Crippen molar-refractivity contribution in [1.82, 2.24) is 20.7 Å². The Morgan fingerprint density at radius 3 is 2.92 bits per heavy atom. The van der Waals surface area contributed by atoms with E-state index in [1.165, 1.54) is 5.56 Å². The third-order valence-corrected chi connectivity index (χ3v) is 5.01. The van der Waals surface area contributed by atoms with E-state index >= 15 is 0 Å². The summed E-state index contributed by atoms with van der Waals surface area (Å²) < 4.78 is 0. The maximum absolute atomic E-state index is 13.0. The van der Waals surface area contributed by atoms with Crippen molar-refractivity contribution in [3.05, 3.63) is 52.5 Å². The van der Waals surface area contributed by atoms with E-state index in [1.807, 2.05) is 23.2 Å². The molecule has 1 saturated heterocycles. The summed E-state index contributed by atoms with van der Waals surface area (Å²) in [6.07, 6.45) is 6.64. The molecular weight excluding hydrogens is 320 g/mol. The van der Waals surface area contributed by atoms with Gasteiger partial charge in [0.15, 0.2) is 0 Å². The Hall–Kier alpha value is -1.76. The Bertz CT molecular complexity index is 632. The molecule has 2 aromatic heterocycles. The van der Waals surface area contributed by atoms with E-state index in [1.54, 1.807) is 17.5 Å². The van der Waals surface area contributed by atoms with Gasteiger partial charge in [-0.1, -0.05) is 19.4 Å². The van der Waals surface area contributed by atoms with Crippen LogP contribution in [0.5, 0.6) is 0 Å². The summed E-state index contributed by atoms with van der Waals surface area (Å²) >= 11 is 1.66. The summed E-state index contributed by atoms with van der Waals surface area (Å²) in [6.45, 7) is 3.38. The van der Waals surface area contributed by atoms with Gasteiger partial charge in [-0.3, -0.25) is 15.2 Å². The number of hydrazine groups is 1. The quantitative estimate of drug-likeness (QED) is 0.811. The summed E-state index contributed by atoms with van der Waals surface area (Å²) in [5.41, 5.74) is 8.67. The van der Waals surface area contributed by atoms with E-state index in [0.29, 0.717) is 19.1 Å². The van der Waals surface area contributed by atoms with Crippen molar-refractivity contribution in [2.24, 2.45) is 0 Å². The van der Waals surface area contributed by atoms with Gasteiger partial charge in [0.25, 0.3) is 0 Å². The third-order valence-electron chi connectivity index (χ3n) is 4.28. The van der Waals surface area contributed by atoms with Crippen LogP contribution in [0.15, 0.2) is 41.4 Å². The topological polar surface area (TPSA) is 57.3 Å². The van der Waals surface area contributed by atoms with Crippen molar-refractivity contribution >= 4 is 17.2 Å². The molecule has 0 spiro atoms. The summed E-state index contributed by atoms with van der Waals surface area (Å²) in [6, 6.07) is 6.23. The molecular formula is C18H24N4OS. The number of aromatic nitrogens is 1. The molecule has 0 bridgehead atoms. The number of amides is 1. The molecule has 2 N–H and O–H groups in total. The molecule has 24 heavy (non-hydrogen) atoms. The van der Waals surface area contributed by atoms with Gasteiger partial charge >= 0.3 is 0 Å². The Balaban J connectivity index is 1.70. The highest BCUT2D eigenvalue weighted by atomic mass is 32.1. The van der Waals surface area contributed by atoms with Gasteiger partial charge in [-0.25, -0.2) is 5.43 Å². The van der Waals surface area contributed by atoms with Gasteiger partial charge in [0.1, 0.15) is 6.04 Å². The first kappa shape index (κ1) is 17.1. The minimum absolute atomic E-state index is 0.149. The minimum atomic E-state index is -0.156. The number of hydrogen-bond donors (Lipinski definition) is 2. The van der Waals surface area contributed by atoms with Crippen molar-refractivity contribution < 1.29 is 4.79 Å². The van der Waals surface area contributed by atoms with Crippen molar-refractivity contribution in [1.29, 1.82) is 0 Å². The number of pyridine rings is 1. The van der Waals surface area contributed by atoms with Crippen LogP contribution in [-0.2, 0) is 17.9 Å². The van der Waals surface area contributed by atoms with Crippen molar-refractivity contribution in [2.75, 3.05) is 0 Å². The van der Waals surface area contributed by atoms with Crippen LogP contribution in [0.25, 0.3) is 0 Å². The minimum Gasteiger partial charge on any atom is -0.333 e.